The molecule has 0 aromatic heterocycles. The monoisotopic (exact) mass is 355 g/mol. The van der Waals surface area contributed by atoms with Gasteiger partial charge in [0.1, 0.15) is 6.04 Å². The summed E-state index contributed by atoms with van der Waals surface area (Å²) >= 11 is 5.78. The predicted molar refractivity (Wildman–Crippen MR) is 91.4 cm³/mol. The number of amides is 1. The summed E-state index contributed by atoms with van der Waals surface area (Å²) in [6.07, 6.45) is -0.138. The van der Waals surface area contributed by atoms with Crippen LogP contribution in [0.15, 0.2) is 24.3 Å². The van der Waals surface area contributed by atoms with E-state index < -0.39 is 12.0 Å². The molecule has 0 saturated carbocycles. The zero-order valence-corrected chi connectivity index (χ0v) is 14.1. The van der Waals surface area contributed by atoms with Crippen LogP contribution in [0.3, 0.4) is 0 Å². The van der Waals surface area contributed by atoms with Gasteiger partial charge < -0.3 is 20.5 Å². The minimum absolute atomic E-state index is 0.138. The molecule has 0 unspecified atom stereocenters. The van der Waals surface area contributed by atoms with Crippen molar-refractivity contribution < 1.29 is 19.4 Å². The number of carbonyl (C=O) groups excluding carboxylic acids is 1. The van der Waals surface area contributed by atoms with Gasteiger partial charge in [0.15, 0.2) is 0 Å². The topological polar surface area (TPSA) is 90.9 Å². The van der Waals surface area contributed by atoms with Crippen molar-refractivity contribution in [1.29, 1.82) is 0 Å². The summed E-state index contributed by atoms with van der Waals surface area (Å²) in [6.45, 7) is 4.32. The average molecular weight is 356 g/mol. The van der Waals surface area contributed by atoms with Gasteiger partial charge in [-0.15, -0.1) is 0 Å². The normalized spacial score (nSPS) is 16.5. The van der Waals surface area contributed by atoms with Gasteiger partial charge in [0.05, 0.1) is 19.6 Å². The standard InChI is InChI=1S/C16H22ClN3O4/c17-12-1-3-13(4-2-12)19-15(21)11-14(16(22)23)18-5-6-20-7-9-24-10-8-20/h1-4,14,18H,5-11H2,(H,19,21)(H,22,23)/t14-/m1/s1. The van der Waals surface area contributed by atoms with Crippen molar-refractivity contribution in [3.8, 4) is 0 Å². The van der Waals surface area contributed by atoms with Gasteiger partial charge in [0.25, 0.3) is 0 Å². The highest BCUT2D eigenvalue weighted by Crippen LogP contribution is 2.13. The number of nitrogens with one attached hydrogen (secondary N) is 2. The maximum Gasteiger partial charge on any atom is 0.321 e. The minimum Gasteiger partial charge on any atom is -0.480 e. The smallest absolute Gasteiger partial charge is 0.321 e. The van der Waals surface area contributed by atoms with Gasteiger partial charge in [-0.05, 0) is 24.3 Å². The van der Waals surface area contributed by atoms with Crippen LogP contribution in [0, 0.1) is 0 Å². The Balaban J connectivity index is 1.76. The molecule has 1 saturated heterocycles. The Bertz CT molecular complexity index is 547. The molecule has 1 amide bonds. The second-order valence-corrected chi connectivity index (χ2v) is 5.99. The van der Waals surface area contributed by atoms with Gasteiger partial charge in [-0.2, -0.15) is 0 Å². The van der Waals surface area contributed by atoms with E-state index in [1.165, 1.54) is 0 Å². The van der Waals surface area contributed by atoms with Crippen molar-refractivity contribution in [2.24, 2.45) is 0 Å². The molecule has 1 atom stereocenters. The number of carbonyl (C=O) groups is 2. The number of anilines is 1. The third kappa shape index (κ3) is 6.45. The lowest BCUT2D eigenvalue weighted by Crippen LogP contribution is -2.45. The van der Waals surface area contributed by atoms with Crippen molar-refractivity contribution >= 4 is 29.2 Å². The van der Waals surface area contributed by atoms with E-state index in [0.717, 1.165) is 19.6 Å². The maximum absolute atomic E-state index is 12.0. The Morgan fingerprint density at radius 3 is 2.54 bits per heavy atom. The van der Waals surface area contributed by atoms with Crippen LogP contribution in [0.5, 0.6) is 0 Å². The van der Waals surface area contributed by atoms with E-state index in [2.05, 4.69) is 15.5 Å². The van der Waals surface area contributed by atoms with Crippen molar-refractivity contribution in [3.63, 3.8) is 0 Å². The molecule has 0 aliphatic carbocycles. The summed E-state index contributed by atoms with van der Waals surface area (Å²) in [6, 6.07) is 5.74. The zero-order valence-electron chi connectivity index (χ0n) is 13.3. The average Bonchev–Trinajstić information content (AvgIpc) is 2.57. The van der Waals surface area contributed by atoms with Crippen LogP contribution in [0.25, 0.3) is 0 Å². The first-order valence-electron chi connectivity index (χ1n) is 7.86. The molecule has 24 heavy (non-hydrogen) atoms. The van der Waals surface area contributed by atoms with Gasteiger partial charge >= 0.3 is 5.97 Å². The van der Waals surface area contributed by atoms with Gasteiger partial charge in [0, 0.05) is 36.9 Å². The number of carboxylic acids is 1. The summed E-state index contributed by atoms with van der Waals surface area (Å²) in [5, 5.41) is 15.4. The fraction of sp³-hybridized carbons (Fsp3) is 0.500. The molecule has 3 N–H and O–H groups in total. The van der Waals surface area contributed by atoms with E-state index >= 15 is 0 Å². The van der Waals surface area contributed by atoms with E-state index in [1.807, 2.05) is 0 Å². The van der Waals surface area contributed by atoms with Crippen molar-refractivity contribution in [1.82, 2.24) is 10.2 Å². The number of benzene rings is 1. The lowest BCUT2D eigenvalue weighted by atomic mass is 10.2. The highest BCUT2D eigenvalue weighted by atomic mass is 35.5. The first-order valence-corrected chi connectivity index (χ1v) is 8.24. The van der Waals surface area contributed by atoms with Crippen molar-refractivity contribution in [2.45, 2.75) is 12.5 Å². The van der Waals surface area contributed by atoms with Crippen molar-refractivity contribution in [3.05, 3.63) is 29.3 Å². The Morgan fingerprint density at radius 1 is 1.25 bits per heavy atom. The van der Waals surface area contributed by atoms with Crippen LogP contribution in [-0.4, -0.2) is 67.3 Å². The second kappa shape index (κ2) is 9.58. The number of nitrogens with zero attached hydrogens (tertiary/aromatic N) is 1. The van der Waals surface area contributed by atoms with E-state index in [9.17, 15) is 14.7 Å². The number of morpholine rings is 1. The molecule has 0 radical (unpaired) electrons. The van der Waals surface area contributed by atoms with Crippen LogP contribution in [0.4, 0.5) is 5.69 Å². The summed E-state index contributed by atoms with van der Waals surface area (Å²) < 4.78 is 5.26. The molecule has 0 spiro atoms. The van der Waals surface area contributed by atoms with Crippen LogP contribution >= 0.6 is 11.6 Å². The Kier molecular flexibility index (Phi) is 7.45. The number of halogens is 1. The number of aliphatic carboxylic acids is 1. The SMILES string of the molecule is O=C(C[C@@H](NCCN1CCOCC1)C(=O)O)Nc1ccc(Cl)cc1. The van der Waals surface area contributed by atoms with Crippen LogP contribution in [0.2, 0.25) is 5.02 Å². The molecular weight excluding hydrogens is 334 g/mol. The molecule has 7 nitrogen and oxygen atoms in total. The summed E-state index contributed by atoms with van der Waals surface area (Å²) in [7, 11) is 0. The third-order valence-electron chi connectivity index (χ3n) is 3.74. The van der Waals surface area contributed by atoms with E-state index in [0.29, 0.717) is 30.5 Å². The fourth-order valence-corrected chi connectivity index (χ4v) is 2.53. The maximum atomic E-state index is 12.0. The largest absolute Gasteiger partial charge is 0.480 e. The third-order valence-corrected chi connectivity index (χ3v) is 3.99. The van der Waals surface area contributed by atoms with Crippen molar-refractivity contribution in [2.75, 3.05) is 44.7 Å². The fourth-order valence-electron chi connectivity index (χ4n) is 2.40. The number of hydrogen-bond acceptors (Lipinski definition) is 5. The Labute approximate surface area is 145 Å². The quantitative estimate of drug-likeness (QED) is 0.645. The molecule has 1 aromatic rings. The van der Waals surface area contributed by atoms with Gasteiger partial charge in [-0.1, -0.05) is 11.6 Å². The first-order chi connectivity index (χ1) is 11.5. The summed E-state index contributed by atoms with van der Waals surface area (Å²) in [5.74, 6) is -1.40. The highest BCUT2D eigenvalue weighted by Gasteiger charge is 2.21. The van der Waals surface area contributed by atoms with E-state index in [4.69, 9.17) is 16.3 Å². The molecule has 1 fully saturated rings. The zero-order chi connectivity index (χ0) is 17.4. The molecule has 1 aromatic carbocycles. The highest BCUT2D eigenvalue weighted by molar-refractivity contribution is 6.30. The minimum atomic E-state index is -1.04. The number of ether oxygens (including phenoxy) is 1. The van der Waals surface area contributed by atoms with Gasteiger partial charge in [0.2, 0.25) is 5.91 Å². The molecule has 1 aliphatic rings. The number of carboxylic acid groups (broad SMARTS) is 1. The molecule has 1 aliphatic heterocycles. The van der Waals surface area contributed by atoms with E-state index in [-0.39, 0.29) is 12.3 Å². The molecule has 132 valence electrons. The lowest BCUT2D eigenvalue weighted by Gasteiger charge is -2.27. The summed E-state index contributed by atoms with van der Waals surface area (Å²) in [5.41, 5.74) is 0.585. The molecule has 0 bridgehead atoms. The molecule has 1 heterocycles. The molecule has 2 rings (SSSR count). The Hall–Kier alpha value is -1.67. The van der Waals surface area contributed by atoms with Crippen LogP contribution in [-0.2, 0) is 14.3 Å². The van der Waals surface area contributed by atoms with E-state index in [1.54, 1.807) is 24.3 Å². The van der Waals surface area contributed by atoms with Gasteiger partial charge in [-0.3, -0.25) is 14.5 Å². The number of hydrogen-bond donors (Lipinski definition) is 3. The lowest BCUT2D eigenvalue weighted by molar-refractivity contribution is -0.141. The van der Waals surface area contributed by atoms with Crippen LogP contribution in [0.1, 0.15) is 6.42 Å². The van der Waals surface area contributed by atoms with Gasteiger partial charge in [-0.25, -0.2) is 0 Å². The number of rotatable bonds is 8. The van der Waals surface area contributed by atoms with Crippen LogP contribution < -0.4 is 10.6 Å². The summed E-state index contributed by atoms with van der Waals surface area (Å²) in [4.78, 5) is 25.5. The Morgan fingerprint density at radius 2 is 1.92 bits per heavy atom. The second-order valence-electron chi connectivity index (χ2n) is 5.56. The predicted octanol–water partition coefficient (Wildman–Crippen LogP) is 1.04. The molecular formula is C16H22ClN3O4. The molecule has 8 heteroatoms. The first kappa shape index (κ1) is 18.7.